The number of benzene rings is 1. The Balaban J connectivity index is 2.31. The zero-order chi connectivity index (χ0) is 12.7. The van der Waals surface area contributed by atoms with Crippen molar-refractivity contribution in [2.45, 2.75) is 26.8 Å². The highest BCUT2D eigenvalue weighted by Gasteiger charge is 2.08. The maximum absolute atomic E-state index is 11.6. The number of hydrogen-bond acceptors (Lipinski definition) is 2. The van der Waals surface area contributed by atoms with E-state index >= 15 is 0 Å². The molecule has 0 spiro atoms. The Morgan fingerprint density at radius 1 is 1.18 bits per heavy atom. The predicted octanol–water partition coefficient (Wildman–Crippen LogP) is 2.11. The van der Waals surface area contributed by atoms with Crippen molar-refractivity contribution in [2.75, 3.05) is 13.1 Å². The van der Waals surface area contributed by atoms with Gasteiger partial charge in [0.05, 0.1) is 12.6 Å². The lowest BCUT2D eigenvalue weighted by molar-refractivity contribution is -0.120. The van der Waals surface area contributed by atoms with Gasteiger partial charge in [-0.2, -0.15) is 0 Å². The molecule has 0 radical (unpaired) electrons. The van der Waals surface area contributed by atoms with E-state index in [1.807, 2.05) is 37.3 Å². The van der Waals surface area contributed by atoms with E-state index < -0.39 is 0 Å². The van der Waals surface area contributed by atoms with Gasteiger partial charge >= 0.3 is 0 Å². The third-order valence-corrected chi connectivity index (χ3v) is 2.52. The molecule has 17 heavy (non-hydrogen) atoms. The molecule has 1 atom stereocenters. The maximum Gasteiger partial charge on any atom is 0.234 e. The van der Waals surface area contributed by atoms with Crippen molar-refractivity contribution in [3.8, 4) is 0 Å². The van der Waals surface area contributed by atoms with E-state index in [0.717, 1.165) is 12.1 Å². The molecule has 1 amide bonds. The van der Waals surface area contributed by atoms with Crippen LogP contribution < -0.4 is 10.6 Å². The van der Waals surface area contributed by atoms with E-state index in [4.69, 9.17) is 0 Å². The Morgan fingerprint density at radius 2 is 1.82 bits per heavy atom. The lowest BCUT2D eigenvalue weighted by Gasteiger charge is -2.15. The summed E-state index contributed by atoms with van der Waals surface area (Å²) in [4.78, 5) is 11.6. The van der Waals surface area contributed by atoms with Gasteiger partial charge in [-0.05, 0) is 24.9 Å². The number of nitrogens with one attached hydrogen (secondary N) is 2. The van der Waals surface area contributed by atoms with E-state index in [1.165, 1.54) is 0 Å². The lowest BCUT2D eigenvalue weighted by Crippen LogP contribution is -2.36. The van der Waals surface area contributed by atoms with Crippen molar-refractivity contribution in [2.24, 2.45) is 5.92 Å². The first-order valence-electron chi connectivity index (χ1n) is 6.14. The average molecular weight is 234 g/mol. The first-order valence-corrected chi connectivity index (χ1v) is 6.14. The number of carbonyl (C=O) groups is 1. The largest absolute Gasteiger partial charge is 0.348 e. The van der Waals surface area contributed by atoms with Crippen LogP contribution in [-0.4, -0.2) is 19.0 Å². The zero-order valence-corrected chi connectivity index (χ0v) is 10.9. The molecule has 3 nitrogen and oxygen atoms in total. The van der Waals surface area contributed by atoms with E-state index in [-0.39, 0.29) is 11.9 Å². The van der Waals surface area contributed by atoms with Crippen LogP contribution in [0.3, 0.4) is 0 Å². The Kier molecular flexibility index (Phi) is 5.70. The van der Waals surface area contributed by atoms with Crippen LogP contribution in [0.25, 0.3) is 0 Å². The second-order valence-corrected chi connectivity index (χ2v) is 4.72. The van der Waals surface area contributed by atoms with Crippen LogP contribution in [0.15, 0.2) is 30.3 Å². The second kappa shape index (κ2) is 7.07. The van der Waals surface area contributed by atoms with E-state index in [9.17, 15) is 4.79 Å². The second-order valence-electron chi connectivity index (χ2n) is 4.72. The Hall–Kier alpha value is -1.35. The standard InChI is InChI=1S/C14H22N2O/c1-11(2)9-15-10-14(17)16-12(3)13-7-5-4-6-8-13/h4-8,11-12,15H,9-10H2,1-3H3,(H,16,17). The van der Waals surface area contributed by atoms with Crippen LogP contribution in [0, 0.1) is 5.92 Å². The molecule has 0 heterocycles. The van der Waals surface area contributed by atoms with Gasteiger partial charge in [0.25, 0.3) is 0 Å². The van der Waals surface area contributed by atoms with Crippen LogP contribution in [0.2, 0.25) is 0 Å². The maximum atomic E-state index is 11.6. The van der Waals surface area contributed by atoms with E-state index in [2.05, 4.69) is 24.5 Å². The fourth-order valence-electron chi connectivity index (χ4n) is 1.59. The van der Waals surface area contributed by atoms with Crippen LogP contribution in [0.4, 0.5) is 0 Å². The van der Waals surface area contributed by atoms with Crippen LogP contribution in [-0.2, 0) is 4.79 Å². The van der Waals surface area contributed by atoms with Gasteiger partial charge in [-0.3, -0.25) is 4.79 Å². The van der Waals surface area contributed by atoms with Crippen molar-refractivity contribution in [3.05, 3.63) is 35.9 Å². The minimum Gasteiger partial charge on any atom is -0.348 e. The molecular weight excluding hydrogens is 212 g/mol. The molecule has 0 saturated heterocycles. The van der Waals surface area contributed by atoms with Gasteiger partial charge < -0.3 is 10.6 Å². The fourth-order valence-corrected chi connectivity index (χ4v) is 1.59. The summed E-state index contributed by atoms with van der Waals surface area (Å²) in [5.74, 6) is 0.608. The van der Waals surface area contributed by atoms with Crippen LogP contribution >= 0.6 is 0 Å². The Bertz CT molecular complexity index is 335. The predicted molar refractivity (Wildman–Crippen MR) is 70.7 cm³/mol. The van der Waals surface area contributed by atoms with Crippen LogP contribution in [0.1, 0.15) is 32.4 Å². The molecule has 1 aromatic rings. The summed E-state index contributed by atoms with van der Waals surface area (Å²) in [6.45, 7) is 7.49. The highest BCUT2D eigenvalue weighted by Crippen LogP contribution is 2.10. The van der Waals surface area contributed by atoms with Gasteiger partial charge in [0, 0.05) is 0 Å². The Morgan fingerprint density at radius 3 is 2.41 bits per heavy atom. The Labute approximate surface area is 104 Å². The molecule has 0 bridgehead atoms. The van der Waals surface area contributed by atoms with Gasteiger partial charge in [0.1, 0.15) is 0 Å². The summed E-state index contributed by atoms with van der Waals surface area (Å²) in [6, 6.07) is 10.0. The molecule has 1 unspecified atom stereocenters. The van der Waals surface area contributed by atoms with Crippen molar-refractivity contribution in [1.29, 1.82) is 0 Å². The minimum absolute atomic E-state index is 0.0435. The third-order valence-electron chi connectivity index (χ3n) is 2.52. The smallest absolute Gasteiger partial charge is 0.234 e. The summed E-state index contributed by atoms with van der Waals surface area (Å²) in [5.41, 5.74) is 1.13. The number of hydrogen-bond donors (Lipinski definition) is 2. The molecule has 1 rings (SSSR count). The molecule has 0 aromatic heterocycles. The van der Waals surface area contributed by atoms with E-state index in [0.29, 0.717) is 12.5 Å². The third kappa shape index (κ3) is 5.50. The summed E-state index contributed by atoms with van der Waals surface area (Å²) < 4.78 is 0. The lowest BCUT2D eigenvalue weighted by atomic mass is 10.1. The molecule has 0 aliphatic heterocycles. The van der Waals surface area contributed by atoms with Crippen LogP contribution in [0.5, 0.6) is 0 Å². The van der Waals surface area contributed by atoms with Gasteiger partial charge in [0.2, 0.25) is 5.91 Å². The first-order chi connectivity index (χ1) is 8.09. The summed E-state index contributed by atoms with van der Waals surface area (Å²) >= 11 is 0. The SMILES string of the molecule is CC(C)CNCC(=O)NC(C)c1ccccc1. The molecular formula is C14H22N2O. The summed E-state index contributed by atoms with van der Waals surface area (Å²) in [6.07, 6.45) is 0. The first kappa shape index (κ1) is 13.7. The molecule has 0 aliphatic carbocycles. The molecule has 94 valence electrons. The van der Waals surface area contributed by atoms with Crippen molar-refractivity contribution in [1.82, 2.24) is 10.6 Å². The summed E-state index contributed by atoms with van der Waals surface area (Å²) in [7, 11) is 0. The number of carbonyl (C=O) groups excluding carboxylic acids is 1. The number of amides is 1. The molecule has 0 saturated carbocycles. The zero-order valence-electron chi connectivity index (χ0n) is 10.9. The van der Waals surface area contributed by atoms with Gasteiger partial charge in [-0.25, -0.2) is 0 Å². The molecule has 0 aliphatic rings. The highest BCUT2D eigenvalue weighted by molar-refractivity contribution is 5.78. The normalized spacial score (nSPS) is 12.5. The topological polar surface area (TPSA) is 41.1 Å². The highest BCUT2D eigenvalue weighted by atomic mass is 16.1. The molecule has 1 aromatic carbocycles. The van der Waals surface area contributed by atoms with Crippen molar-refractivity contribution in [3.63, 3.8) is 0 Å². The van der Waals surface area contributed by atoms with Crippen molar-refractivity contribution < 1.29 is 4.79 Å². The van der Waals surface area contributed by atoms with Gasteiger partial charge in [-0.15, -0.1) is 0 Å². The minimum atomic E-state index is 0.0435. The molecule has 2 N–H and O–H groups in total. The fraction of sp³-hybridized carbons (Fsp3) is 0.500. The monoisotopic (exact) mass is 234 g/mol. The summed E-state index contributed by atoms with van der Waals surface area (Å²) in [5, 5.41) is 6.10. The molecule has 0 fully saturated rings. The average Bonchev–Trinajstić information content (AvgIpc) is 2.29. The van der Waals surface area contributed by atoms with E-state index in [1.54, 1.807) is 0 Å². The number of rotatable bonds is 6. The van der Waals surface area contributed by atoms with Crippen molar-refractivity contribution >= 4 is 5.91 Å². The molecule has 3 heteroatoms. The quantitative estimate of drug-likeness (QED) is 0.791. The van der Waals surface area contributed by atoms with Gasteiger partial charge in [-0.1, -0.05) is 44.2 Å². The van der Waals surface area contributed by atoms with Gasteiger partial charge in [0.15, 0.2) is 0 Å².